The van der Waals surface area contributed by atoms with Gasteiger partial charge in [-0.15, -0.1) is 0 Å². The first-order valence-electron chi connectivity index (χ1n) is 7.07. The molecule has 1 aliphatic carbocycles. The molecule has 1 saturated carbocycles. The molecular weight excluding hydrogens is 239 g/mol. The van der Waals surface area contributed by atoms with Gasteiger partial charge in [-0.25, -0.2) is 4.39 Å². The summed E-state index contributed by atoms with van der Waals surface area (Å²) in [6, 6.07) is 7.84. The molecule has 2 nitrogen and oxygen atoms in total. The van der Waals surface area contributed by atoms with E-state index in [2.05, 4.69) is 9.88 Å². The third-order valence-corrected chi connectivity index (χ3v) is 4.70. The Morgan fingerprint density at radius 2 is 2.21 bits per heavy atom. The van der Waals surface area contributed by atoms with Gasteiger partial charge in [-0.3, -0.25) is 9.88 Å². The Labute approximate surface area is 112 Å². The minimum absolute atomic E-state index is 0.171. The molecule has 0 N–H and O–H groups in total. The number of hydrogen-bond donors (Lipinski definition) is 0. The first kappa shape index (κ1) is 11.4. The number of nitrogens with zero attached hydrogens (tertiary/aromatic N) is 2. The predicted molar refractivity (Wildman–Crippen MR) is 73.2 cm³/mol. The summed E-state index contributed by atoms with van der Waals surface area (Å²) in [6.45, 7) is 2.12. The molecule has 98 valence electrons. The predicted octanol–water partition coefficient (Wildman–Crippen LogP) is 3.36. The average molecular weight is 256 g/mol. The minimum atomic E-state index is -0.171. The Morgan fingerprint density at radius 3 is 3.00 bits per heavy atom. The molecule has 2 heterocycles. The largest absolute Gasteiger partial charge is 0.296 e. The van der Waals surface area contributed by atoms with Crippen LogP contribution >= 0.6 is 0 Å². The van der Waals surface area contributed by atoms with Crippen molar-refractivity contribution in [1.29, 1.82) is 0 Å². The molecule has 2 aliphatic rings. The molecule has 1 aromatic heterocycles. The van der Waals surface area contributed by atoms with Gasteiger partial charge in [-0.2, -0.15) is 0 Å². The molecule has 19 heavy (non-hydrogen) atoms. The monoisotopic (exact) mass is 256 g/mol. The van der Waals surface area contributed by atoms with E-state index in [1.54, 1.807) is 18.3 Å². The van der Waals surface area contributed by atoms with E-state index in [0.717, 1.165) is 29.6 Å². The normalized spacial score (nSPS) is 26.4. The Morgan fingerprint density at radius 1 is 1.26 bits per heavy atom. The molecule has 4 rings (SSSR count). The quantitative estimate of drug-likeness (QED) is 0.819. The summed E-state index contributed by atoms with van der Waals surface area (Å²) < 4.78 is 13.8. The molecule has 2 unspecified atom stereocenters. The Bertz CT molecular complexity index is 625. The lowest BCUT2D eigenvalue weighted by Gasteiger charge is -2.27. The maximum absolute atomic E-state index is 13.8. The molecule has 0 spiro atoms. The third-order valence-electron chi connectivity index (χ3n) is 4.70. The van der Waals surface area contributed by atoms with Crippen LogP contribution < -0.4 is 0 Å². The van der Waals surface area contributed by atoms with E-state index in [1.807, 2.05) is 12.1 Å². The van der Waals surface area contributed by atoms with E-state index in [-0.39, 0.29) is 5.82 Å². The summed E-state index contributed by atoms with van der Waals surface area (Å²) >= 11 is 0. The van der Waals surface area contributed by atoms with Crippen LogP contribution in [0.2, 0.25) is 0 Å². The van der Waals surface area contributed by atoms with Crippen molar-refractivity contribution in [3.8, 4) is 0 Å². The SMILES string of the molecule is Fc1ccc(CN2CC3CCC2C3)c2ncccc12. The van der Waals surface area contributed by atoms with Gasteiger partial charge in [0.1, 0.15) is 5.82 Å². The van der Waals surface area contributed by atoms with Crippen molar-refractivity contribution >= 4 is 10.9 Å². The number of hydrogen-bond acceptors (Lipinski definition) is 2. The Kier molecular flexibility index (Phi) is 2.55. The maximum Gasteiger partial charge on any atom is 0.132 e. The highest BCUT2D eigenvalue weighted by molar-refractivity contribution is 5.82. The van der Waals surface area contributed by atoms with Crippen LogP contribution in [0.3, 0.4) is 0 Å². The van der Waals surface area contributed by atoms with Crippen LogP contribution in [0.25, 0.3) is 10.9 Å². The van der Waals surface area contributed by atoms with E-state index >= 15 is 0 Å². The second-order valence-electron chi connectivity index (χ2n) is 5.87. The lowest BCUT2D eigenvalue weighted by Crippen LogP contribution is -2.31. The van der Waals surface area contributed by atoms with E-state index in [1.165, 1.54) is 25.8 Å². The zero-order valence-electron chi connectivity index (χ0n) is 10.8. The van der Waals surface area contributed by atoms with Gasteiger partial charge in [0.25, 0.3) is 0 Å². The molecule has 0 amide bonds. The third kappa shape index (κ3) is 1.84. The number of pyridine rings is 1. The van der Waals surface area contributed by atoms with Crippen molar-refractivity contribution in [1.82, 2.24) is 9.88 Å². The summed E-state index contributed by atoms with van der Waals surface area (Å²) in [6.07, 6.45) is 5.83. The van der Waals surface area contributed by atoms with Crippen LogP contribution in [-0.2, 0) is 6.54 Å². The Hall–Kier alpha value is -1.48. The highest BCUT2D eigenvalue weighted by Crippen LogP contribution is 2.38. The fourth-order valence-electron chi connectivity index (χ4n) is 3.76. The van der Waals surface area contributed by atoms with Crippen LogP contribution in [0.1, 0.15) is 24.8 Å². The van der Waals surface area contributed by atoms with E-state index in [9.17, 15) is 4.39 Å². The summed E-state index contributed by atoms with van der Waals surface area (Å²) in [7, 11) is 0. The number of aromatic nitrogens is 1. The molecule has 1 aliphatic heterocycles. The highest BCUT2D eigenvalue weighted by atomic mass is 19.1. The van der Waals surface area contributed by atoms with Crippen molar-refractivity contribution < 1.29 is 4.39 Å². The molecule has 2 aromatic rings. The van der Waals surface area contributed by atoms with Crippen LogP contribution in [0, 0.1) is 11.7 Å². The number of benzene rings is 1. The van der Waals surface area contributed by atoms with Gasteiger partial charge in [0, 0.05) is 30.7 Å². The van der Waals surface area contributed by atoms with Crippen LogP contribution in [0.5, 0.6) is 0 Å². The van der Waals surface area contributed by atoms with Crippen LogP contribution in [-0.4, -0.2) is 22.5 Å². The topological polar surface area (TPSA) is 16.1 Å². The fourth-order valence-corrected chi connectivity index (χ4v) is 3.76. The zero-order chi connectivity index (χ0) is 12.8. The number of rotatable bonds is 2. The second-order valence-corrected chi connectivity index (χ2v) is 5.87. The zero-order valence-corrected chi connectivity index (χ0v) is 10.8. The van der Waals surface area contributed by atoms with E-state index < -0.39 is 0 Å². The first-order valence-corrected chi connectivity index (χ1v) is 7.07. The fraction of sp³-hybridized carbons (Fsp3) is 0.438. The first-order chi connectivity index (χ1) is 9.31. The van der Waals surface area contributed by atoms with E-state index in [4.69, 9.17) is 0 Å². The summed E-state index contributed by atoms with van der Waals surface area (Å²) in [5.41, 5.74) is 1.98. The maximum atomic E-state index is 13.8. The number of fused-ring (bicyclic) bond motifs is 3. The van der Waals surface area contributed by atoms with Crippen molar-refractivity contribution in [2.24, 2.45) is 5.92 Å². The number of likely N-dealkylation sites (tertiary alicyclic amines) is 1. The molecule has 2 bridgehead atoms. The van der Waals surface area contributed by atoms with Crippen molar-refractivity contribution in [3.05, 3.63) is 41.8 Å². The molecule has 1 aromatic carbocycles. The van der Waals surface area contributed by atoms with Crippen LogP contribution in [0.15, 0.2) is 30.5 Å². The molecule has 2 fully saturated rings. The second kappa shape index (κ2) is 4.27. The standard InChI is InChI=1S/C16H17FN2/c17-15-6-4-12(16-14(15)2-1-7-18-16)10-19-9-11-3-5-13(19)8-11/h1-2,4,6-7,11,13H,3,5,8-10H2. The lowest BCUT2D eigenvalue weighted by molar-refractivity contribution is 0.206. The summed E-state index contributed by atoms with van der Waals surface area (Å²) in [5.74, 6) is 0.722. The summed E-state index contributed by atoms with van der Waals surface area (Å²) in [5, 5.41) is 0.643. The van der Waals surface area contributed by atoms with Gasteiger partial charge >= 0.3 is 0 Å². The highest BCUT2D eigenvalue weighted by Gasteiger charge is 2.37. The molecule has 1 saturated heterocycles. The summed E-state index contributed by atoms with van der Waals surface area (Å²) in [4.78, 5) is 6.93. The average Bonchev–Trinajstić information content (AvgIpc) is 3.05. The lowest BCUT2D eigenvalue weighted by atomic mass is 10.1. The Balaban J connectivity index is 1.70. The molecule has 3 heteroatoms. The van der Waals surface area contributed by atoms with Crippen molar-refractivity contribution in [2.75, 3.05) is 6.54 Å². The minimum Gasteiger partial charge on any atom is -0.296 e. The van der Waals surface area contributed by atoms with Gasteiger partial charge in [-0.1, -0.05) is 6.07 Å². The van der Waals surface area contributed by atoms with E-state index in [0.29, 0.717) is 5.39 Å². The van der Waals surface area contributed by atoms with Crippen molar-refractivity contribution in [2.45, 2.75) is 31.8 Å². The van der Waals surface area contributed by atoms with Gasteiger partial charge in [-0.05, 0) is 48.9 Å². The number of halogens is 1. The van der Waals surface area contributed by atoms with Gasteiger partial charge in [0.15, 0.2) is 0 Å². The van der Waals surface area contributed by atoms with Gasteiger partial charge in [0.05, 0.1) is 5.52 Å². The van der Waals surface area contributed by atoms with Gasteiger partial charge < -0.3 is 0 Å². The molecule has 0 radical (unpaired) electrons. The van der Waals surface area contributed by atoms with Crippen LogP contribution in [0.4, 0.5) is 4.39 Å². The molecular formula is C16H17FN2. The molecule has 2 atom stereocenters. The van der Waals surface area contributed by atoms with Crippen molar-refractivity contribution in [3.63, 3.8) is 0 Å². The smallest absolute Gasteiger partial charge is 0.132 e. The van der Waals surface area contributed by atoms with Gasteiger partial charge in [0.2, 0.25) is 0 Å². The number of piperidine rings is 1.